The van der Waals surface area contributed by atoms with Gasteiger partial charge in [0, 0.05) is 27.5 Å². The highest BCUT2D eigenvalue weighted by atomic mass is 35.5. The Bertz CT molecular complexity index is 1020. The number of aryl methyl sites for hydroxylation is 1. The quantitative estimate of drug-likeness (QED) is 0.634. The van der Waals surface area contributed by atoms with E-state index in [-0.39, 0.29) is 6.42 Å². The van der Waals surface area contributed by atoms with E-state index in [2.05, 4.69) is 5.32 Å². The molecule has 1 aliphatic rings. The van der Waals surface area contributed by atoms with Gasteiger partial charge in [0.25, 0.3) is 0 Å². The van der Waals surface area contributed by atoms with E-state index in [9.17, 15) is 4.79 Å². The lowest BCUT2D eigenvalue weighted by molar-refractivity contribution is -0.136. The molecule has 6 heteroatoms. The van der Waals surface area contributed by atoms with Crippen LogP contribution in [0, 0.1) is 0 Å². The summed E-state index contributed by atoms with van der Waals surface area (Å²) in [5.74, 6) is 0.635. The molecule has 1 aliphatic carbocycles. The van der Waals surface area contributed by atoms with E-state index in [0.29, 0.717) is 10.8 Å². The van der Waals surface area contributed by atoms with Crippen LogP contribution in [0.4, 0.5) is 11.5 Å². The number of halogens is 1. The highest BCUT2D eigenvalue weighted by molar-refractivity contribution is 6.30. The van der Waals surface area contributed by atoms with E-state index < -0.39 is 5.97 Å². The van der Waals surface area contributed by atoms with Crippen molar-refractivity contribution in [2.75, 3.05) is 5.32 Å². The standard InChI is InChI=1S/C22H20ClN3O2/c23-16-5-3-4-15(13-16)21-25-19-7-2-1-6-18(19)22(26-21)24-17-10-8-14(9-11-17)12-20(27)28/h3-5,8-11,13H,1-2,6-7,12H2,(H,27,28)(H,24,25,26). The number of nitrogens with one attached hydrogen (secondary N) is 1. The molecule has 4 rings (SSSR count). The van der Waals surface area contributed by atoms with Crippen LogP contribution < -0.4 is 5.32 Å². The molecule has 142 valence electrons. The summed E-state index contributed by atoms with van der Waals surface area (Å²) in [4.78, 5) is 20.4. The van der Waals surface area contributed by atoms with Crippen LogP contribution >= 0.6 is 11.6 Å². The van der Waals surface area contributed by atoms with Crippen LogP contribution in [0.3, 0.4) is 0 Å². The minimum Gasteiger partial charge on any atom is -0.481 e. The second-order valence-electron chi connectivity index (χ2n) is 6.93. The van der Waals surface area contributed by atoms with Crippen molar-refractivity contribution >= 4 is 29.1 Å². The first kappa shape index (κ1) is 18.4. The fraction of sp³-hybridized carbons (Fsp3) is 0.227. The molecular formula is C22H20ClN3O2. The van der Waals surface area contributed by atoms with Crippen molar-refractivity contribution in [1.82, 2.24) is 9.97 Å². The number of aliphatic carboxylic acids is 1. The number of hydrogen-bond acceptors (Lipinski definition) is 4. The molecule has 5 nitrogen and oxygen atoms in total. The lowest BCUT2D eigenvalue weighted by atomic mass is 9.96. The first-order valence-electron chi connectivity index (χ1n) is 9.32. The third-order valence-corrected chi connectivity index (χ3v) is 5.07. The smallest absolute Gasteiger partial charge is 0.307 e. The Morgan fingerprint density at radius 3 is 2.61 bits per heavy atom. The maximum Gasteiger partial charge on any atom is 0.307 e. The zero-order chi connectivity index (χ0) is 19.5. The SMILES string of the molecule is O=C(O)Cc1ccc(Nc2nc(-c3cccc(Cl)c3)nc3c2CCCC3)cc1. The molecule has 0 bridgehead atoms. The van der Waals surface area contributed by atoms with Gasteiger partial charge < -0.3 is 10.4 Å². The number of aromatic nitrogens is 2. The Morgan fingerprint density at radius 1 is 1.07 bits per heavy atom. The molecule has 0 saturated carbocycles. The van der Waals surface area contributed by atoms with E-state index >= 15 is 0 Å². The molecular weight excluding hydrogens is 374 g/mol. The molecule has 1 heterocycles. The minimum atomic E-state index is -0.836. The lowest BCUT2D eigenvalue weighted by Gasteiger charge is -2.20. The largest absolute Gasteiger partial charge is 0.481 e. The molecule has 0 aliphatic heterocycles. The summed E-state index contributed by atoms with van der Waals surface area (Å²) < 4.78 is 0. The molecule has 0 amide bonds. The van der Waals surface area contributed by atoms with Gasteiger partial charge in [-0.3, -0.25) is 4.79 Å². The fourth-order valence-corrected chi connectivity index (χ4v) is 3.66. The summed E-state index contributed by atoms with van der Waals surface area (Å²) >= 11 is 6.15. The van der Waals surface area contributed by atoms with Gasteiger partial charge in [0.1, 0.15) is 5.82 Å². The summed E-state index contributed by atoms with van der Waals surface area (Å²) in [6.07, 6.45) is 4.16. The van der Waals surface area contributed by atoms with Crippen molar-refractivity contribution in [1.29, 1.82) is 0 Å². The van der Waals surface area contributed by atoms with E-state index in [0.717, 1.165) is 59.6 Å². The summed E-state index contributed by atoms with van der Waals surface area (Å²) in [5, 5.41) is 13.0. The average Bonchev–Trinajstić information content (AvgIpc) is 2.69. The molecule has 0 radical (unpaired) electrons. The number of carboxylic acids is 1. The molecule has 0 atom stereocenters. The maximum atomic E-state index is 10.9. The number of fused-ring (bicyclic) bond motifs is 1. The van der Waals surface area contributed by atoms with Gasteiger partial charge in [-0.1, -0.05) is 35.9 Å². The van der Waals surface area contributed by atoms with Crippen LogP contribution in [-0.2, 0) is 24.1 Å². The first-order valence-corrected chi connectivity index (χ1v) is 9.70. The molecule has 2 aromatic carbocycles. The predicted octanol–water partition coefficient (Wildman–Crippen LogP) is 5.05. The molecule has 0 unspecified atom stereocenters. The van der Waals surface area contributed by atoms with Gasteiger partial charge in [-0.15, -0.1) is 0 Å². The van der Waals surface area contributed by atoms with Gasteiger partial charge in [0.15, 0.2) is 5.82 Å². The number of carboxylic acid groups (broad SMARTS) is 1. The first-order chi connectivity index (χ1) is 13.6. The van der Waals surface area contributed by atoms with Gasteiger partial charge in [-0.2, -0.15) is 0 Å². The second-order valence-corrected chi connectivity index (χ2v) is 7.37. The van der Waals surface area contributed by atoms with Crippen LogP contribution in [0.2, 0.25) is 5.02 Å². The third kappa shape index (κ3) is 4.15. The molecule has 0 saturated heterocycles. The van der Waals surface area contributed by atoms with Gasteiger partial charge >= 0.3 is 5.97 Å². The Hall–Kier alpha value is -2.92. The van der Waals surface area contributed by atoms with Crippen LogP contribution in [0.1, 0.15) is 29.7 Å². The monoisotopic (exact) mass is 393 g/mol. The highest BCUT2D eigenvalue weighted by Gasteiger charge is 2.19. The van der Waals surface area contributed by atoms with Gasteiger partial charge in [0.2, 0.25) is 0 Å². The normalized spacial score (nSPS) is 13.0. The topological polar surface area (TPSA) is 75.1 Å². The molecule has 28 heavy (non-hydrogen) atoms. The third-order valence-electron chi connectivity index (χ3n) is 4.84. The van der Waals surface area contributed by atoms with Crippen molar-refractivity contribution in [2.24, 2.45) is 0 Å². The van der Waals surface area contributed by atoms with Crippen molar-refractivity contribution in [3.63, 3.8) is 0 Å². The Labute approximate surface area is 168 Å². The summed E-state index contributed by atoms with van der Waals surface area (Å²) in [6.45, 7) is 0. The summed E-state index contributed by atoms with van der Waals surface area (Å²) in [6, 6.07) is 15.0. The van der Waals surface area contributed by atoms with Crippen molar-refractivity contribution in [3.05, 3.63) is 70.4 Å². The zero-order valence-corrected chi connectivity index (χ0v) is 16.0. The highest BCUT2D eigenvalue weighted by Crippen LogP contribution is 2.31. The van der Waals surface area contributed by atoms with Gasteiger partial charge in [-0.25, -0.2) is 9.97 Å². The van der Waals surface area contributed by atoms with Gasteiger partial charge in [-0.05, 0) is 55.5 Å². The van der Waals surface area contributed by atoms with E-state index in [4.69, 9.17) is 26.7 Å². The van der Waals surface area contributed by atoms with E-state index in [1.807, 2.05) is 48.5 Å². The van der Waals surface area contributed by atoms with Crippen LogP contribution in [0.5, 0.6) is 0 Å². The van der Waals surface area contributed by atoms with Crippen LogP contribution in [0.15, 0.2) is 48.5 Å². The van der Waals surface area contributed by atoms with E-state index in [1.165, 1.54) is 0 Å². The number of nitrogens with zero attached hydrogens (tertiary/aromatic N) is 2. The molecule has 2 N–H and O–H groups in total. The molecule has 0 fully saturated rings. The fourth-order valence-electron chi connectivity index (χ4n) is 3.47. The number of carbonyl (C=O) groups is 1. The number of anilines is 2. The summed E-state index contributed by atoms with van der Waals surface area (Å²) in [7, 11) is 0. The molecule has 1 aromatic heterocycles. The maximum absolute atomic E-state index is 10.9. The number of rotatable bonds is 5. The van der Waals surface area contributed by atoms with E-state index in [1.54, 1.807) is 0 Å². The minimum absolute atomic E-state index is 0.0160. The number of benzene rings is 2. The predicted molar refractivity (Wildman–Crippen MR) is 110 cm³/mol. The average molecular weight is 394 g/mol. The second kappa shape index (κ2) is 7.98. The lowest BCUT2D eigenvalue weighted by Crippen LogP contribution is -2.12. The zero-order valence-electron chi connectivity index (χ0n) is 15.3. The Balaban J connectivity index is 1.69. The number of hydrogen-bond donors (Lipinski definition) is 2. The summed E-state index contributed by atoms with van der Waals surface area (Å²) in [5.41, 5.74) is 4.77. The van der Waals surface area contributed by atoms with Gasteiger partial charge in [0.05, 0.1) is 6.42 Å². The molecule has 3 aromatic rings. The molecule has 0 spiro atoms. The van der Waals surface area contributed by atoms with Crippen LogP contribution in [0.25, 0.3) is 11.4 Å². The van der Waals surface area contributed by atoms with Crippen molar-refractivity contribution in [2.45, 2.75) is 32.1 Å². The van der Waals surface area contributed by atoms with Crippen molar-refractivity contribution in [3.8, 4) is 11.4 Å². The van der Waals surface area contributed by atoms with Crippen LogP contribution in [-0.4, -0.2) is 21.0 Å². The Kier molecular flexibility index (Phi) is 5.26. The Morgan fingerprint density at radius 2 is 1.86 bits per heavy atom. The van der Waals surface area contributed by atoms with Crippen molar-refractivity contribution < 1.29 is 9.90 Å².